The lowest BCUT2D eigenvalue weighted by Crippen LogP contribution is -2.44. The van der Waals surface area contributed by atoms with Gasteiger partial charge < -0.3 is 13.6 Å². The van der Waals surface area contributed by atoms with Crippen molar-refractivity contribution in [1.82, 2.24) is 4.72 Å². The fourth-order valence-electron chi connectivity index (χ4n) is 3.35. The predicted molar refractivity (Wildman–Crippen MR) is 112 cm³/mol. The fourth-order valence-corrected chi connectivity index (χ4v) is 4.70. The number of methoxy groups -OCH3 is 1. The Kier molecular flexibility index (Phi) is 5.13. The van der Waals surface area contributed by atoms with E-state index in [1.165, 1.54) is 19.2 Å². The zero-order valence-corrected chi connectivity index (χ0v) is 17.5. The Bertz CT molecular complexity index is 1320. The van der Waals surface area contributed by atoms with Crippen molar-refractivity contribution >= 4 is 37.9 Å². The van der Waals surface area contributed by atoms with Crippen LogP contribution in [-0.2, 0) is 19.6 Å². The normalized spacial score (nSPS) is 13.2. The number of benzene rings is 2. The smallest absolute Gasteiger partial charge is 0.324 e. The second kappa shape index (κ2) is 7.62. The van der Waals surface area contributed by atoms with Crippen LogP contribution in [0.15, 0.2) is 68.7 Å². The average molecular weight is 427 g/mol. The second-order valence-corrected chi connectivity index (χ2v) is 9.06. The maximum atomic E-state index is 12.9. The molecule has 0 aliphatic heterocycles. The van der Waals surface area contributed by atoms with Crippen LogP contribution in [0, 0.1) is 5.92 Å². The molecule has 156 valence electrons. The third-order valence-corrected chi connectivity index (χ3v) is 6.45. The molecule has 8 heteroatoms. The van der Waals surface area contributed by atoms with Crippen molar-refractivity contribution in [2.75, 3.05) is 7.11 Å². The van der Waals surface area contributed by atoms with Crippen molar-refractivity contribution in [3.05, 3.63) is 55.0 Å². The van der Waals surface area contributed by atoms with Gasteiger partial charge in [-0.3, -0.25) is 4.79 Å². The van der Waals surface area contributed by atoms with E-state index in [0.29, 0.717) is 11.2 Å². The molecule has 0 fully saturated rings. The molecule has 4 aromatic rings. The summed E-state index contributed by atoms with van der Waals surface area (Å²) in [6, 6.07) is 11.3. The number of furan rings is 2. The monoisotopic (exact) mass is 427 g/mol. The van der Waals surface area contributed by atoms with Crippen LogP contribution < -0.4 is 4.72 Å². The topological polar surface area (TPSA) is 98.8 Å². The Hall–Kier alpha value is -3.10. The molecule has 0 amide bonds. The first-order valence-corrected chi connectivity index (χ1v) is 10.9. The summed E-state index contributed by atoms with van der Waals surface area (Å²) in [4.78, 5) is 12.0. The van der Waals surface area contributed by atoms with Gasteiger partial charge in [0.15, 0.2) is 0 Å². The maximum absolute atomic E-state index is 12.9. The first-order valence-electron chi connectivity index (χ1n) is 9.39. The van der Waals surface area contributed by atoms with Gasteiger partial charge in [-0.05, 0) is 41.8 Å². The van der Waals surface area contributed by atoms with Crippen molar-refractivity contribution in [3.63, 3.8) is 0 Å². The van der Waals surface area contributed by atoms with Crippen molar-refractivity contribution < 1.29 is 26.8 Å². The molecule has 0 radical (unpaired) electrons. The van der Waals surface area contributed by atoms with Gasteiger partial charge in [0.2, 0.25) is 10.0 Å². The van der Waals surface area contributed by atoms with E-state index < -0.39 is 22.0 Å². The molecule has 0 aliphatic carbocycles. The molecule has 7 nitrogen and oxygen atoms in total. The minimum absolute atomic E-state index is 0.0127. The molecule has 0 unspecified atom stereocenters. The number of rotatable bonds is 6. The zero-order valence-electron chi connectivity index (χ0n) is 16.7. The number of esters is 1. The van der Waals surface area contributed by atoms with Gasteiger partial charge in [0.25, 0.3) is 0 Å². The van der Waals surface area contributed by atoms with Gasteiger partial charge in [0.05, 0.1) is 24.5 Å². The summed E-state index contributed by atoms with van der Waals surface area (Å²) >= 11 is 0. The van der Waals surface area contributed by atoms with Crippen molar-refractivity contribution in [3.8, 4) is 11.1 Å². The van der Waals surface area contributed by atoms with Crippen LogP contribution in [0.25, 0.3) is 33.1 Å². The number of hydrogen-bond donors (Lipinski definition) is 1. The molecule has 1 N–H and O–H groups in total. The van der Waals surface area contributed by atoms with E-state index >= 15 is 0 Å². The predicted octanol–water partition coefficient (Wildman–Crippen LogP) is 4.32. The molecule has 0 spiro atoms. The summed E-state index contributed by atoms with van der Waals surface area (Å²) in [7, 11) is -2.73. The summed E-state index contributed by atoms with van der Waals surface area (Å²) in [5, 5.41) is 1.66. The standard InChI is InChI=1S/C22H21NO6S/c1-13(2)21(22(24)27-3)23-30(25,26)16-5-6-17-18-10-14(15-8-9-28-12-15)4-7-19(18)29-20(17)11-16/h4-13,21,23H,1-3H3/t21-/m0/s1. The van der Waals surface area contributed by atoms with E-state index in [1.807, 2.05) is 24.3 Å². The van der Waals surface area contributed by atoms with E-state index in [9.17, 15) is 13.2 Å². The number of fused-ring (bicyclic) bond motifs is 3. The molecule has 30 heavy (non-hydrogen) atoms. The third-order valence-electron chi connectivity index (χ3n) is 5.01. The maximum Gasteiger partial charge on any atom is 0.324 e. The molecule has 2 aromatic carbocycles. The van der Waals surface area contributed by atoms with E-state index in [4.69, 9.17) is 13.6 Å². The average Bonchev–Trinajstić information content (AvgIpc) is 3.38. The molecule has 0 bridgehead atoms. The first kappa shape index (κ1) is 20.2. The van der Waals surface area contributed by atoms with Gasteiger partial charge in [-0.25, -0.2) is 8.42 Å². The SMILES string of the molecule is COC(=O)[C@@H](NS(=O)(=O)c1ccc2c(c1)oc1ccc(-c3ccoc3)cc12)C(C)C. The lowest BCUT2D eigenvalue weighted by atomic mass is 10.1. The van der Waals surface area contributed by atoms with Gasteiger partial charge in [-0.1, -0.05) is 19.9 Å². The molecule has 2 aromatic heterocycles. The molecule has 0 saturated carbocycles. The van der Waals surface area contributed by atoms with Gasteiger partial charge >= 0.3 is 5.97 Å². The number of sulfonamides is 1. The van der Waals surface area contributed by atoms with Crippen LogP contribution in [0.5, 0.6) is 0 Å². The van der Waals surface area contributed by atoms with Crippen LogP contribution in [0.3, 0.4) is 0 Å². The van der Waals surface area contributed by atoms with E-state index in [0.717, 1.165) is 21.9 Å². The zero-order chi connectivity index (χ0) is 21.5. The molecule has 1 atom stereocenters. The van der Waals surface area contributed by atoms with E-state index in [1.54, 1.807) is 32.4 Å². The van der Waals surface area contributed by atoms with Crippen LogP contribution in [0.2, 0.25) is 0 Å². The van der Waals surface area contributed by atoms with Crippen molar-refractivity contribution in [1.29, 1.82) is 0 Å². The van der Waals surface area contributed by atoms with Gasteiger partial charge in [-0.2, -0.15) is 4.72 Å². The molecule has 2 heterocycles. The minimum Gasteiger partial charge on any atom is -0.472 e. The molecule has 4 rings (SSSR count). The van der Waals surface area contributed by atoms with Crippen molar-refractivity contribution in [2.24, 2.45) is 5.92 Å². The molecule has 0 saturated heterocycles. The van der Waals surface area contributed by atoms with Crippen LogP contribution in [0.4, 0.5) is 0 Å². The summed E-state index contributed by atoms with van der Waals surface area (Å²) < 4.78 is 43.9. The Morgan fingerprint density at radius 3 is 2.47 bits per heavy atom. The highest BCUT2D eigenvalue weighted by atomic mass is 32.2. The summed E-state index contributed by atoms with van der Waals surface area (Å²) in [6.45, 7) is 3.48. The minimum atomic E-state index is -3.96. The second-order valence-electron chi connectivity index (χ2n) is 7.35. The van der Waals surface area contributed by atoms with E-state index in [-0.39, 0.29) is 10.8 Å². The van der Waals surface area contributed by atoms with Crippen molar-refractivity contribution in [2.45, 2.75) is 24.8 Å². The lowest BCUT2D eigenvalue weighted by Gasteiger charge is -2.19. The number of ether oxygens (including phenoxy) is 1. The van der Waals surface area contributed by atoms with E-state index in [2.05, 4.69) is 4.72 Å². The molecular weight excluding hydrogens is 406 g/mol. The lowest BCUT2D eigenvalue weighted by molar-refractivity contribution is -0.143. The first-order chi connectivity index (χ1) is 14.3. The summed E-state index contributed by atoms with van der Waals surface area (Å²) in [6.07, 6.45) is 3.27. The van der Waals surface area contributed by atoms with Crippen LogP contribution in [0.1, 0.15) is 13.8 Å². The summed E-state index contributed by atoms with van der Waals surface area (Å²) in [5.74, 6) is -0.909. The molecule has 0 aliphatic rings. The van der Waals surface area contributed by atoms with Gasteiger partial charge in [-0.15, -0.1) is 0 Å². The number of carbonyl (C=O) groups excluding carboxylic acids is 1. The third kappa shape index (κ3) is 3.59. The Labute approximate surface area is 173 Å². The quantitative estimate of drug-likeness (QED) is 0.460. The van der Waals surface area contributed by atoms with Gasteiger partial charge in [0, 0.05) is 22.4 Å². The summed E-state index contributed by atoms with van der Waals surface area (Å²) in [5.41, 5.74) is 3.00. The number of nitrogens with one attached hydrogen (secondary N) is 1. The highest BCUT2D eigenvalue weighted by molar-refractivity contribution is 7.89. The van der Waals surface area contributed by atoms with Crippen LogP contribution >= 0.6 is 0 Å². The Morgan fingerprint density at radius 2 is 1.80 bits per heavy atom. The number of carbonyl (C=O) groups is 1. The van der Waals surface area contributed by atoms with Crippen LogP contribution in [-0.4, -0.2) is 27.5 Å². The Morgan fingerprint density at radius 1 is 1.00 bits per heavy atom. The highest BCUT2D eigenvalue weighted by Crippen LogP contribution is 2.33. The highest BCUT2D eigenvalue weighted by Gasteiger charge is 2.29. The fraction of sp³-hybridized carbons (Fsp3) is 0.227. The largest absolute Gasteiger partial charge is 0.472 e. The Balaban J connectivity index is 1.74. The van der Waals surface area contributed by atoms with Gasteiger partial charge in [0.1, 0.15) is 17.2 Å². The molecular formula is C22H21NO6S. The number of hydrogen-bond acceptors (Lipinski definition) is 6.